The zero-order chi connectivity index (χ0) is 28.5. The number of aliphatic imine (C=N–C) groups is 1. The van der Waals surface area contributed by atoms with E-state index < -0.39 is 23.8 Å². The standard InChI is InChI=1S/C30H31FN4O4S/c1-20(36)33-19-35(29(37)25(18-40)30(38)39-17-21-9-3-2-4-10-21)16-22-15-32-28(23-11-5-7-13-26(23)31)24-12-6-8-14-27(24)34-22/h2-14,22,25,34,40H,15-19H2,1H3,(H,33,36)/t22?,25-/m0/s1. The molecule has 1 aliphatic rings. The molecule has 2 N–H and O–H groups in total. The number of amides is 2. The Kier molecular flexibility index (Phi) is 9.91. The largest absolute Gasteiger partial charge is 0.460 e. The van der Waals surface area contributed by atoms with Crippen LogP contribution in [0, 0.1) is 11.7 Å². The van der Waals surface area contributed by atoms with Crippen LogP contribution in [0.2, 0.25) is 0 Å². The molecule has 10 heteroatoms. The molecule has 40 heavy (non-hydrogen) atoms. The van der Waals surface area contributed by atoms with Gasteiger partial charge in [-0.15, -0.1) is 0 Å². The number of hydrogen-bond donors (Lipinski definition) is 3. The molecule has 0 spiro atoms. The molecule has 0 radical (unpaired) electrons. The van der Waals surface area contributed by atoms with Crippen LogP contribution < -0.4 is 10.6 Å². The summed E-state index contributed by atoms with van der Waals surface area (Å²) in [6.07, 6.45) is 0. The van der Waals surface area contributed by atoms with Gasteiger partial charge in [-0.25, -0.2) is 4.39 Å². The lowest BCUT2D eigenvalue weighted by Crippen LogP contribution is -2.50. The normalized spacial score (nSPS) is 15.0. The number of nitrogens with zero attached hydrogens (tertiary/aromatic N) is 2. The van der Waals surface area contributed by atoms with E-state index in [1.165, 1.54) is 17.9 Å². The number of carbonyl (C=O) groups is 3. The number of anilines is 1. The van der Waals surface area contributed by atoms with E-state index in [9.17, 15) is 18.8 Å². The number of benzene rings is 3. The highest BCUT2D eigenvalue weighted by molar-refractivity contribution is 7.80. The number of para-hydroxylation sites is 1. The zero-order valence-electron chi connectivity index (χ0n) is 22.0. The van der Waals surface area contributed by atoms with Gasteiger partial charge in [-0.1, -0.05) is 60.7 Å². The summed E-state index contributed by atoms with van der Waals surface area (Å²) in [5.74, 6) is -3.18. The van der Waals surface area contributed by atoms with Crippen molar-refractivity contribution in [2.75, 3.05) is 30.8 Å². The minimum atomic E-state index is -1.17. The maximum Gasteiger partial charge on any atom is 0.319 e. The average Bonchev–Trinajstić information content (AvgIpc) is 3.14. The number of nitrogens with one attached hydrogen (secondary N) is 2. The van der Waals surface area contributed by atoms with E-state index in [2.05, 4.69) is 23.3 Å². The Morgan fingerprint density at radius 3 is 2.42 bits per heavy atom. The topological polar surface area (TPSA) is 100 Å². The van der Waals surface area contributed by atoms with Crippen molar-refractivity contribution in [1.82, 2.24) is 10.2 Å². The summed E-state index contributed by atoms with van der Waals surface area (Å²) in [6, 6.07) is 22.6. The number of carbonyl (C=O) groups excluding carboxylic acids is 3. The summed E-state index contributed by atoms with van der Waals surface area (Å²) in [5, 5.41) is 6.05. The van der Waals surface area contributed by atoms with Gasteiger partial charge < -0.3 is 20.3 Å². The van der Waals surface area contributed by atoms with Crippen molar-refractivity contribution in [3.05, 3.63) is 101 Å². The third-order valence-corrected chi connectivity index (χ3v) is 6.77. The molecule has 2 atom stereocenters. The molecule has 1 unspecified atom stereocenters. The van der Waals surface area contributed by atoms with Crippen molar-refractivity contribution in [1.29, 1.82) is 0 Å². The number of ether oxygens (including phenoxy) is 1. The van der Waals surface area contributed by atoms with Crippen LogP contribution in [0.5, 0.6) is 0 Å². The van der Waals surface area contributed by atoms with Crippen LogP contribution in [0.4, 0.5) is 10.1 Å². The Hall–Kier alpha value is -4.18. The third-order valence-electron chi connectivity index (χ3n) is 6.40. The van der Waals surface area contributed by atoms with E-state index in [1.54, 1.807) is 18.2 Å². The second kappa shape index (κ2) is 13.7. The lowest BCUT2D eigenvalue weighted by atomic mass is 10.0. The molecule has 0 bridgehead atoms. The second-order valence-corrected chi connectivity index (χ2v) is 9.70. The quantitative estimate of drug-likeness (QED) is 0.152. The number of fused-ring (bicyclic) bond motifs is 1. The van der Waals surface area contributed by atoms with Crippen molar-refractivity contribution in [2.24, 2.45) is 10.9 Å². The van der Waals surface area contributed by atoms with Crippen molar-refractivity contribution in [3.8, 4) is 0 Å². The predicted octanol–water partition coefficient (Wildman–Crippen LogP) is 3.67. The highest BCUT2D eigenvalue weighted by atomic mass is 32.1. The average molecular weight is 563 g/mol. The van der Waals surface area contributed by atoms with Crippen molar-refractivity contribution >= 4 is 41.8 Å². The van der Waals surface area contributed by atoms with E-state index in [-0.39, 0.29) is 43.8 Å². The van der Waals surface area contributed by atoms with Crippen LogP contribution in [-0.2, 0) is 25.7 Å². The number of thiol groups is 1. The van der Waals surface area contributed by atoms with Gasteiger partial charge in [-0.05, 0) is 23.8 Å². The highest BCUT2D eigenvalue weighted by Gasteiger charge is 2.33. The summed E-state index contributed by atoms with van der Waals surface area (Å²) < 4.78 is 20.1. The van der Waals surface area contributed by atoms with Gasteiger partial charge in [0.25, 0.3) is 0 Å². The molecular formula is C30H31FN4O4S. The van der Waals surface area contributed by atoms with Crippen LogP contribution in [-0.4, -0.2) is 59.9 Å². The molecule has 0 saturated heterocycles. The van der Waals surface area contributed by atoms with E-state index in [0.29, 0.717) is 11.3 Å². The molecule has 0 saturated carbocycles. The Bertz CT molecular complexity index is 1380. The summed E-state index contributed by atoms with van der Waals surface area (Å²) >= 11 is 4.25. The zero-order valence-corrected chi connectivity index (χ0v) is 22.9. The first-order chi connectivity index (χ1) is 19.4. The van der Waals surface area contributed by atoms with Crippen molar-refractivity contribution in [3.63, 3.8) is 0 Å². The molecule has 0 aromatic heterocycles. The lowest BCUT2D eigenvalue weighted by Gasteiger charge is -2.30. The van der Waals surface area contributed by atoms with E-state index in [1.807, 2.05) is 54.6 Å². The Balaban J connectivity index is 1.55. The minimum Gasteiger partial charge on any atom is -0.460 e. The fourth-order valence-corrected chi connectivity index (χ4v) is 4.67. The maximum atomic E-state index is 14.7. The van der Waals surface area contributed by atoms with E-state index in [4.69, 9.17) is 9.73 Å². The SMILES string of the molecule is CC(=O)NCN(CC1CN=C(c2ccccc2F)c2ccccc2N1)C(=O)[C@H](CS)C(=O)OCc1ccccc1. The molecule has 8 nitrogen and oxygen atoms in total. The second-order valence-electron chi connectivity index (χ2n) is 9.34. The van der Waals surface area contributed by atoms with Crippen LogP contribution in [0.15, 0.2) is 83.9 Å². The molecular weight excluding hydrogens is 531 g/mol. The van der Waals surface area contributed by atoms with Gasteiger partial charge in [-0.2, -0.15) is 12.6 Å². The molecule has 2 amide bonds. The fourth-order valence-electron chi connectivity index (χ4n) is 4.36. The first-order valence-electron chi connectivity index (χ1n) is 12.9. The van der Waals surface area contributed by atoms with Gasteiger partial charge in [-0.3, -0.25) is 19.4 Å². The van der Waals surface area contributed by atoms with Gasteiger partial charge in [0.05, 0.1) is 25.0 Å². The minimum absolute atomic E-state index is 0.0252. The number of rotatable bonds is 10. The first kappa shape index (κ1) is 28.8. The highest BCUT2D eigenvalue weighted by Crippen LogP contribution is 2.25. The Morgan fingerprint density at radius 2 is 1.73 bits per heavy atom. The molecule has 3 aromatic carbocycles. The molecule has 208 valence electrons. The summed E-state index contributed by atoms with van der Waals surface area (Å²) in [6.45, 7) is 1.58. The monoisotopic (exact) mass is 562 g/mol. The van der Waals surface area contributed by atoms with Crippen molar-refractivity contribution < 1.29 is 23.5 Å². The number of hydrogen-bond acceptors (Lipinski definition) is 7. The van der Waals surface area contributed by atoms with Gasteiger partial charge in [0, 0.05) is 36.0 Å². The molecule has 1 heterocycles. The van der Waals surface area contributed by atoms with Crippen LogP contribution in [0.1, 0.15) is 23.6 Å². The van der Waals surface area contributed by atoms with Gasteiger partial charge in [0.1, 0.15) is 18.3 Å². The third kappa shape index (κ3) is 7.26. The summed E-state index contributed by atoms with van der Waals surface area (Å²) in [7, 11) is 0. The molecule has 0 fully saturated rings. The number of halogens is 1. The smallest absolute Gasteiger partial charge is 0.319 e. The van der Waals surface area contributed by atoms with E-state index in [0.717, 1.165) is 16.8 Å². The van der Waals surface area contributed by atoms with Crippen LogP contribution >= 0.6 is 12.6 Å². The Morgan fingerprint density at radius 1 is 1.05 bits per heavy atom. The predicted molar refractivity (Wildman–Crippen MR) is 155 cm³/mol. The fraction of sp³-hybridized carbons (Fsp3) is 0.267. The molecule has 1 aliphatic heterocycles. The molecule has 0 aliphatic carbocycles. The van der Waals surface area contributed by atoms with Gasteiger partial charge in [0.15, 0.2) is 0 Å². The Labute approximate surface area is 238 Å². The van der Waals surface area contributed by atoms with Crippen molar-refractivity contribution in [2.45, 2.75) is 19.6 Å². The maximum absolute atomic E-state index is 14.7. The first-order valence-corrected chi connectivity index (χ1v) is 13.5. The molecule has 3 aromatic rings. The summed E-state index contributed by atoms with van der Waals surface area (Å²) in [4.78, 5) is 44.3. The van der Waals surface area contributed by atoms with E-state index >= 15 is 0 Å². The summed E-state index contributed by atoms with van der Waals surface area (Å²) in [5.41, 5.74) is 3.13. The van der Waals surface area contributed by atoms with Crippen LogP contribution in [0.25, 0.3) is 0 Å². The molecule has 4 rings (SSSR count). The van der Waals surface area contributed by atoms with Gasteiger partial charge >= 0.3 is 5.97 Å². The number of benzodiazepines with no additional fused rings is 1. The van der Waals surface area contributed by atoms with Gasteiger partial charge in [0.2, 0.25) is 11.8 Å². The number of esters is 1. The van der Waals surface area contributed by atoms with Crippen LogP contribution in [0.3, 0.4) is 0 Å². The lowest BCUT2D eigenvalue weighted by molar-refractivity contribution is -0.156.